The molecule has 27 heavy (non-hydrogen) atoms. The predicted octanol–water partition coefficient (Wildman–Crippen LogP) is 3.40. The highest BCUT2D eigenvalue weighted by Crippen LogP contribution is 2.40. The highest BCUT2D eigenvalue weighted by Gasteiger charge is 2.32. The molecule has 6 nitrogen and oxygen atoms in total. The number of methoxy groups -OCH3 is 2. The number of carbonyl (C=O) groups is 1. The number of benzene rings is 2. The molecule has 0 bridgehead atoms. The molecule has 8 heteroatoms. The van der Waals surface area contributed by atoms with Crippen molar-refractivity contribution < 1.29 is 22.7 Å². The topological polar surface area (TPSA) is 72.9 Å². The van der Waals surface area contributed by atoms with E-state index >= 15 is 0 Å². The van der Waals surface area contributed by atoms with Gasteiger partial charge in [0.15, 0.2) is 0 Å². The normalized spacial score (nSPS) is 13.7. The van der Waals surface area contributed by atoms with Crippen LogP contribution < -0.4 is 9.04 Å². The number of hydrogen-bond donors (Lipinski definition) is 0. The Morgan fingerprint density at radius 3 is 2.52 bits per heavy atom. The third kappa shape index (κ3) is 3.86. The summed E-state index contributed by atoms with van der Waals surface area (Å²) in [5.74, 6) is 0.148. The summed E-state index contributed by atoms with van der Waals surface area (Å²) in [5, 5.41) is 0. The van der Waals surface area contributed by atoms with Crippen LogP contribution >= 0.6 is 15.9 Å². The molecular weight excluding hydrogens is 434 g/mol. The van der Waals surface area contributed by atoms with Gasteiger partial charge in [0.2, 0.25) is 0 Å². The van der Waals surface area contributed by atoms with Gasteiger partial charge in [-0.15, -0.1) is 0 Å². The minimum absolute atomic E-state index is 0.206. The zero-order valence-corrected chi connectivity index (χ0v) is 17.2. The maximum Gasteiger partial charge on any atom is 0.330 e. The first-order chi connectivity index (χ1) is 12.9. The van der Waals surface area contributed by atoms with Gasteiger partial charge in [-0.3, -0.25) is 4.31 Å². The second-order valence-electron chi connectivity index (χ2n) is 5.87. The summed E-state index contributed by atoms with van der Waals surface area (Å²) in [6.07, 6.45) is 3.55. The second kappa shape index (κ2) is 7.74. The Bertz CT molecular complexity index is 1000. The fraction of sp³-hybridized carbons (Fsp3) is 0.211. The molecule has 142 valence electrons. The van der Waals surface area contributed by atoms with Crippen molar-refractivity contribution in [2.24, 2.45) is 0 Å². The maximum atomic E-state index is 13.1. The number of carbonyl (C=O) groups excluding carboxylic acids is 1. The van der Waals surface area contributed by atoms with Crippen LogP contribution in [0.1, 0.15) is 11.1 Å². The first kappa shape index (κ1) is 19.4. The summed E-state index contributed by atoms with van der Waals surface area (Å²) in [6.45, 7) is 0.354. The molecule has 0 saturated heterocycles. The first-order valence-corrected chi connectivity index (χ1v) is 10.4. The Morgan fingerprint density at radius 1 is 1.19 bits per heavy atom. The molecule has 0 atom stereocenters. The molecule has 0 unspecified atom stereocenters. The van der Waals surface area contributed by atoms with Crippen molar-refractivity contribution >= 4 is 43.7 Å². The molecule has 1 heterocycles. The Kier molecular flexibility index (Phi) is 5.57. The Hall–Kier alpha value is -2.32. The van der Waals surface area contributed by atoms with Gasteiger partial charge >= 0.3 is 5.97 Å². The van der Waals surface area contributed by atoms with Crippen LogP contribution in [-0.4, -0.2) is 35.2 Å². The van der Waals surface area contributed by atoms with Gasteiger partial charge in [0, 0.05) is 17.1 Å². The minimum Gasteiger partial charge on any atom is -0.497 e. The molecule has 0 radical (unpaired) electrons. The highest BCUT2D eigenvalue weighted by atomic mass is 79.9. The van der Waals surface area contributed by atoms with Gasteiger partial charge in [-0.1, -0.05) is 0 Å². The number of hydrogen-bond acceptors (Lipinski definition) is 5. The van der Waals surface area contributed by atoms with Crippen LogP contribution in [-0.2, 0) is 26.0 Å². The van der Waals surface area contributed by atoms with Gasteiger partial charge in [0.05, 0.1) is 24.8 Å². The number of rotatable bonds is 5. The lowest BCUT2D eigenvalue weighted by Crippen LogP contribution is -2.29. The molecule has 2 aromatic rings. The van der Waals surface area contributed by atoms with Crippen molar-refractivity contribution in [3.63, 3.8) is 0 Å². The number of fused-ring (bicyclic) bond motifs is 1. The summed E-state index contributed by atoms with van der Waals surface area (Å²) in [5.41, 5.74) is 2.31. The van der Waals surface area contributed by atoms with Crippen molar-refractivity contribution in [3.05, 3.63) is 58.1 Å². The number of sulfonamides is 1. The van der Waals surface area contributed by atoms with Crippen molar-refractivity contribution in [1.29, 1.82) is 0 Å². The molecule has 0 amide bonds. The van der Waals surface area contributed by atoms with Crippen molar-refractivity contribution in [2.45, 2.75) is 11.3 Å². The predicted molar refractivity (Wildman–Crippen MR) is 106 cm³/mol. The largest absolute Gasteiger partial charge is 0.497 e. The second-order valence-corrected chi connectivity index (χ2v) is 8.59. The number of nitrogens with zero attached hydrogens (tertiary/aromatic N) is 1. The highest BCUT2D eigenvalue weighted by molar-refractivity contribution is 9.10. The Balaban J connectivity index is 1.96. The fourth-order valence-electron chi connectivity index (χ4n) is 2.93. The van der Waals surface area contributed by atoms with E-state index in [2.05, 4.69) is 20.7 Å². The number of esters is 1. The van der Waals surface area contributed by atoms with Crippen LogP contribution in [0.15, 0.2) is 51.8 Å². The standard InChI is InChI=1S/C19H18BrNO5S/c1-25-15-4-6-16(7-5-15)27(23,24)21-10-9-14-11-13(3-8-18(22)26-2)12-17(20)19(14)21/h3-8,11-12H,9-10H2,1-2H3/b8-3+. The van der Waals surface area contributed by atoms with E-state index in [-0.39, 0.29) is 4.90 Å². The number of anilines is 1. The van der Waals surface area contributed by atoms with E-state index in [1.165, 1.54) is 36.7 Å². The molecule has 0 fully saturated rings. The molecule has 0 spiro atoms. The molecule has 1 aliphatic heterocycles. The third-order valence-corrected chi connectivity index (χ3v) is 6.68. The van der Waals surface area contributed by atoms with Crippen LogP contribution in [0.5, 0.6) is 5.75 Å². The number of halogens is 1. The zero-order valence-electron chi connectivity index (χ0n) is 14.8. The lowest BCUT2D eigenvalue weighted by Gasteiger charge is -2.21. The van der Waals surface area contributed by atoms with Gasteiger partial charge in [-0.25, -0.2) is 13.2 Å². The van der Waals surface area contributed by atoms with Crippen molar-refractivity contribution in [1.82, 2.24) is 0 Å². The SMILES string of the molecule is COC(=O)/C=C/c1cc(Br)c2c(c1)CCN2S(=O)(=O)c1ccc(OC)cc1. The third-order valence-electron chi connectivity index (χ3n) is 4.26. The molecule has 3 rings (SSSR count). The van der Waals surface area contributed by atoms with Gasteiger partial charge in [0.25, 0.3) is 10.0 Å². The van der Waals surface area contributed by atoms with E-state index in [0.717, 1.165) is 11.1 Å². The minimum atomic E-state index is -3.69. The average molecular weight is 452 g/mol. The van der Waals surface area contributed by atoms with E-state index in [9.17, 15) is 13.2 Å². The van der Waals surface area contributed by atoms with E-state index < -0.39 is 16.0 Å². The lowest BCUT2D eigenvalue weighted by atomic mass is 10.1. The number of ether oxygens (including phenoxy) is 2. The Labute approximate surface area is 166 Å². The van der Waals surface area contributed by atoms with E-state index in [1.54, 1.807) is 24.3 Å². The molecule has 0 aromatic heterocycles. The van der Waals surface area contributed by atoms with Gasteiger partial charge in [0.1, 0.15) is 5.75 Å². The smallest absolute Gasteiger partial charge is 0.330 e. The summed E-state index contributed by atoms with van der Waals surface area (Å²) in [4.78, 5) is 11.5. The van der Waals surface area contributed by atoms with Crippen molar-refractivity contribution in [2.75, 3.05) is 25.1 Å². The van der Waals surface area contributed by atoms with Crippen LogP contribution in [0.2, 0.25) is 0 Å². The van der Waals surface area contributed by atoms with Crippen LogP contribution in [0.25, 0.3) is 6.08 Å². The molecule has 0 N–H and O–H groups in total. The molecule has 0 aliphatic carbocycles. The lowest BCUT2D eigenvalue weighted by molar-refractivity contribution is -0.134. The van der Waals surface area contributed by atoms with Crippen LogP contribution in [0, 0.1) is 0 Å². The van der Waals surface area contributed by atoms with Crippen molar-refractivity contribution in [3.8, 4) is 5.75 Å². The summed E-state index contributed by atoms with van der Waals surface area (Å²) in [7, 11) is -0.842. The molecule has 1 aliphatic rings. The monoisotopic (exact) mass is 451 g/mol. The van der Waals surface area contributed by atoms with Gasteiger partial charge in [-0.2, -0.15) is 0 Å². The van der Waals surface area contributed by atoms with Gasteiger partial charge < -0.3 is 9.47 Å². The van der Waals surface area contributed by atoms with Crippen LogP contribution in [0.4, 0.5) is 5.69 Å². The van der Waals surface area contributed by atoms with E-state index in [0.29, 0.717) is 28.9 Å². The van der Waals surface area contributed by atoms with Gasteiger partial charge in [-0.05, 0) is 76.0 Å². The van der Waals surface area contributed by atoms with E-state index in [4.69, 9.17) is 4.74 Å². The molecular formula is C19H18BrNO5S. The molecule has 2 aromatic carbocycles. The molecule has 0 saturated carbocycles. The summed E-state index contributed by atoms with van der Waals surface area (Å²) in [6, 6.07) is 9.98. The first-order valence-electron chi connectivity index (χ1n) is 8.12. The zero-order chi connectivity index (χ0) is 19.6. The van der Waals surface area contributed by atoms with E-state index in [1.807, 2.05) is 6.07 Å². The Morgan fingerprint density at radius 2 is 1.89 bits per heavy atom. The summed E-state index contributed by atoms with van der Waals surface area (Å²) >= 11 is 3.47. The quantitative estimate of drug-likeness (QED) is 0.514. The van der Waals surface area contributed by atoms with Crippen LogP contribution in [0.3, 0.4) is 0 Å². The average Bonchev–Trinajstić information content (AvgIpc) is 3.11. The summed E-state index contributed by atoms with van der Waals surface area (Å²) < 4.78 is 37.9. The fourth-order valence-corrected chi connectivity index (χ4v) is 5.30. The maximum absolute atomic E-state index is 13.1.